The molecule has 3 rings (SSSR count). The van der Waals surface area contributed by atoms with Crippen LogP contribution in [0.25, 0.3) is 10.6 Å². The minimum absolute atomic E-state index is 0.0770. The van der Waals surface area contributed by atoms with Crippen molar-refractivity contribution in [2.24, 2.45) is 0 Å². The average molecular weight is 441 g/mol. The molecule has 1 aromatic heterocycles. The number of carbonyl (C=O) groups is 1. The van der Waals surface area contributed by atoms with E-state index < -0.39 is 0 Å². The maximum absolute atomic E-state index is 12.6. The summed E-state index contributed by atoms with van der Waals surface area (Å²) in [6.45, 7) is 5.94. The summed E-state index contributed by atoms with van der Waals surface area (Å²) in [5.74, 6) is 2.03. The van der Waals surface area contributed by atoms with Crippen LogP contribution in [-0.2, 0) is 11.2 Å². The maximum atomic E-state index is 12.6. The first-order valence-electron chi connectivity index (χ1n) is 10.1. The zero-order valence-electron chi connectivity index (χ0n) is 18.5. The molecule has 1 amide bonds. The molecule has 0 aliphatic heterocycles. The molecule has 31 heavy (non-hydrogen) atoms. The Bertz CT molecular complexity index is 1030. The van der Waals surface area contributed by atoms with Crippen LogP contribution in [0.1, 0.15) is 38.1 Å². The number of nitrogens with zero attached hydrogens (tertiary/aromatic N) is 1. The van der Waals surface area contributed by atoms with Gasteiger partial charge in [-0.05, 0) is 56.7 Å². The lowest BCUT2D eigenvalue weighted by atomic mass is 10.1. The summed E-state index contributed by atoms with van der Waals surface area (Å²) in [7, 11) is 3.21. The van der Waals surface area contributed by atoms with E-state index >= 15 is 0 Å². The van der Waals surface area contributed by atoms with Crippen LogP contribution in [0.3, 0.4) is 0 Å². The van der Waals surface area contributed by atoms with E-state index in [-0.39, 0.29) is 24.5 Å². The number of carbonyl (C=O) groups excluding carboxylic acids is 1. The molecular formula is C24H28N2O4S. The van der Waals surface area contributed by atoms with E-state index in [1.165, 1.54) is 11.3 Å². The van der Waals surface area contributed by atoms with Gasteiger partial charge in [-0.15, -0.1) is 11.3 Å². The van der Waals surface area contributed by atoms with Gasteiger partial charge in [0.1, 0.15) is 10.8 Å². The second-order valence-electron chi connectivity index (χ2n) is 7.42. The number of amides is 1. The lowest BCUT2D eigenvalue weighted by Crippen LogP contribution is -2.28. The maximum Gasteiger partial charge on any atom is 0.226 e. The van der Waals surface area contributed by atoms with Crippen molar-refractivity contribution in [3.8, 4) is 27.8 Å². The van der Waals surface area contributed by atoms with Crippen molar-refractivity contribution >= 4 is 17.2 Å². The van der Waals surface area contributed by atoms with Crippen molar-refractivity contribution in [3.05, 3.63) is 59.1 Å². The fraction of sp³-hybridized carbons (Fsp3) is 0.333. The van der Waals surface area contributed by atoms with Gasteiger partial charge in [-0.3, -0.25) is 4.79 Å². The third kappa shape index (κ3) is 5.98. The number of rotatable bonds is 9. The third-order valence-corrected chi connectivity index (χ3v) is 5.57. The molecule has 0 aliphatic rings. The van der Waals surface area contributed by atoms with Gasteiger partial charge in [-0.1, -0.05) is 12.1 Å². The van der Waals surface area contributed by atoms with Crippen LogP contribution in [0, 0.1) is 0 Å². The van der Waals surface area contributed by atoms with E-state index in [4.69, 9.17) is 14.2 Å². The first kappa shape index (κ1) is 22.6. The molecule has 0 fully saturated rings. The molecule has 164 valence electrons. The predicted molar refractivity (Wildman–Crippen MR) is 123 cm³/mol. The lowest BCUT2D eigenvalue weighted by molar-refractivity contribution is -0.121. The number of thiazole rings is 1. The van der Waals surface area contributed by atoms with E-state index in [9.17, 15) is 4.79 Å². The van der Waals surface area contributed by atoms with Crippen LogP contribution in [0.2, 0.25) is 0 Å². The van der Waals surface area contributed by atoms with Gasteiger partial charge in [0.05, 0.1) is 38.5 Å². The predicted octanol–water partition coefficient (Wildman–Crippen LogP) is 5.03. The number of hydrogen-bond acceptors (Lipinski definition) is 6. The molecule has 0 radical (unpaired) electrons. The molecule has 1 unspecified atom stereocenters. The SMILES string of the molecule is COc1ccc(-c2nc(CC(=O)NC(C)c3cccc(OC(C)C)c3)cs2)cc1OC. The van der Waals surface area contributed by atoms with Crippen molar-refractivity contribution in [1.29, 1.82) is 0 Å². The second-order valence-corrected chi connectivity index (χ2v) is 8.28. The smallest absolute Gasteiger partial charge is 0.226 e. The second kappa shape index (κ2) is 10.3. The minimum Gasteiger partial charge on any atom is -0.493 e. The Morgan fingerprint density at radius 2 is 1.84 bits per heavy atom. The number of nitrogens with one attached hydrogen (secondary N) is 1. The normalized spacial score (nSPS) is 11.8. The summed E-state index contributed by atoms with van der Waals surface area (Å²) in [5.41, 5.74) is 2.65. The van der Waals surface area contributed by atoms with Crippen molar-refractivity contribution in [2.45, 2.75) is 39.3 Å². The van der Waals surface area contributed by atoms with Crippen LogP contribution >= 0.6 is 11.3 Å². The van der Waals surface area contributed by atoms with Crippen molar-refractivity contribution in [3.63, 3.8) is 0 Å². The Morgan fingerprint density at radius 3 is 2.55 bits per heavy atom. The highest BCUT2D eigenvalue weighted by Gasteiger charge is 2.14. The molecule has 1 atom stereocenters. The van der Waals surface area contributed by atoms with Crippen LogP contribution in [0.15, 0.2) is 47.8 Å². The summed E-state index contributed by atoms with van der Waals surface area (Å²) < 4.78 is 16.4. The zero-order valence-corrected chi connectivity index (χ0v) is 19.3. The van der Waals surface area contributed by atoms with Gasteiger partial charge in [0.25, 0.3) is 0 Å². The standard InChI is InChI=1S/C24H28N2O4S/c1-15(2)30-20-8-6-7-17(11-20)16(3)25-23(27)13-19-14-31-24(26-19)18-9-10-21(28-4)22(12-18)29-5/h6-12,14-16H,13H2,1-5H3,(H,25,27). The molecule has 2 aromatic carbocycles. The number of methoxy groups -OCH3 is 2. The Hall–Kier alpha value is -3.06. The number of hydrogen-bond donors (Lipinski definition) is 1. The molecular weight excluding hydrogens is 412 g/mol. The largest absolute Gasteiger partial charge is 0.493 e. The summed E-state index contributed by atoms with van der Waals surface area (Å²) in [6.07, 6.45) is 0.320. The highest BCUT2D eigenvalue weighted by atomic mass is 32.1. The summed E-state index contributed by atoms with van der Waals surface area (Å²) in [4.78, 5) is 17.2. The van der Waals surface area contributed by atoms with Gasteiger partial charge >= 0.3 is 0 Å². The van der Waals surface area contributed by atoms with E-state index in [2.05, 4.69) is 10.3 Å². The van der Waals surface area contributed by atoms with Gasteiger partial charge in [-0.2, -0.15) is 0 Å². The number of benzene rings is 2. The van der Waals surface area contributed by atoms with E-state index in [0.29, 0.717) is 11.5 Å². The van der Waals surface area contributed by atoms with Gasteiger partial charge in [0, 0.05) is 10.9 Å². The Balaban J connectivity index is 1.64. The fourth-order valence-electron chi connectivity index (χ4n) is 3.16. The highest BCUT2D eigenvalue weighted by molar-refractivity contribution is 7.13. The van der Waals surface area contributed by atoms with E-state index in [0.717, 1.165) is 27.6 Å². The Morgan fingerprint density at radius 1 is 1.06 bits per heavy atom. The number of aromatic nitrogens is 1. The molecule has 7 heteroatoms. The van der Waals surface area contributed by atoms with Crippen LogP contribution in [0.4, 0.5) is 0 Å². The number of ether oxygens (including phenoxy) is 3. The molecule has 6 nitrogen and oxygen atoms in total. The highest BCUT2D eigenvalue weighted by Crippen LogP contribution is 2.33. The lowest BCUT2D eigenvalue weighted by Gasteiger charge is -2.16. The molecule has 3 aromatic rings. The van der Waals surface area contributed by atoms with E-state index in [1.54, 1.807) is 14.2 Å². The molecule has 1 heterocycles. The fourth-order valence-corrected chi connectivity index (χ4v) is 3.98. The topological polar surface area (TPSA) is 69.7 Å². The average Bonchev–Trinajstić information content (AvgIpc) is 3.21. The van der Waals surface area contributed by atoms with Crippen molar-refractivity contribution < 1.29 is 19.0 Å². The monoisotopic (exact) mass is 440 g/mol. The molecule has 0 aliphatic carbocycles. The van der Waals surface area contributed by atoms with Gasteiger partial charge < -0.3 is 19.5 Å². The van der Waals surface area contributed by atoms with Gasteiger partial charge in [-0.25, -0.2) is 4.98 Å². The van der Waals surface area contributed by atoms with Crippen LogP contribution in [-0.4, -0.2) is 31.2 Å². The van der Waals surface area contributed by atoms with Crippen molar-refractivity contribution in [2.75, 3.05) is 14.2 Å². The van der Waals surface area contributed by atoms with E-state index in [1.807, 2.05) is 68.6 Å². The Labute approximate surface area is 187 Å². The molecule has 1 N–H and O–H groups in total. The third-order valence-electron chi connectivity index (χ3n) is 4.63. The Kier molecular flexibility index (Phi) is 7.52. The molecule has 0 saturated heterocycles. The molecule has 0 saturated carbocycles. The quantitative estimate of drug-likeness (QED) is 0.505. The minimum atomic E-state index is -0.132. The zero-order chi connectivity index (χ0) is 22.4. The summed E-state index contributed by atoms with van der Waals surface area (Å²) >= 11 is 1.50. The van der Waals surface area contributed by atoms with Gasteiger partial charge in [0.2, 0.25) is 5.91 Å². The molecule has 0 spiro atoms. The molecule has 0 bridgehead atoms. The van der Waals surface area contributed by atoms with Crippen LogP contribution in [0.5, 0.6) is 17.2 Å². The summed E-state index contributed by atoms with van der Waals surface area (Å²) in [5, 5.41) is 5.78. The van der Waals surface area contributed by atoms with Crippen LogP contribution < -0.4 is 19.5 Å². The first-order valence-corrected chi connectivity index (χ1v) is 11.0. The van der Waals surface area contributed by atoms with Crippen molar-refractivity contribution in [1.82, 2.24) is 10.3 Å². The first-order chi connectivity index (χ1) is 14.9. The summed E-state index contributed by atoms with van der Waals surface area (Å²) in [6, 6.07) is 13.3. The van der Waals surface area contributed by atoms with Gasteiger partial charge in [0.15, 0.2) is 11.5 Å².